The summed E-state index contributed by atoms with van der Waals surface area (Å²) in [5.74, 6) is 0.0976. The van der Waals surface area contributed by atoms with E-state index in [1.54, 1.807) is 18.2 Å². The summed E-state index contributed by atoms with van der Waals surface area (Å²) < 4.78 is 37.6. The normalized spacial score (nSPS) is 16.8. The van der Waals surface area contributed by atoms with Gasteiger partial charge in [0.2, 0.25) is 0 Å². The molecule has 1 amide bonds. The highest BCUT2D eigenvalue weighted by Gasteiger charge is 2.27. The number of aryl methyl sites for hydroxylation is 1. The number of hydrogen-bond donors (Lipinski definition) is 3. The zero-order valence-corrected chi connectivity index (χ0v) is 20.0. The molecule has 0 bridgehead atoms. The van der Waals surface area contributed by atoms with Crippen molar-refractivity contribution in [3.8, 4) is 0 Å². The van der Waals surface area contributed by atoms with Crippen molar-refractivity contribution in [1.82, 2.24) is 15.6 Å². The number of aromatic nitrogens is 1. The minimum Gasteiger partial charge on any atom is -0.376 e. The number of ketones is 1. The second-order valence-electron chi connectivity index (χ2n) is 9.39. The summed E-state index contributed by atoms with van der Waals surface area (Å²) in [6.07, 6.45) is -2.85. The first-order valence-electron chi connectivity index (χ1n) is 10.9. The van der Waals surface area contributed by atoms with Crippen LogP contribution in [0.5, 0.6) is 0 Å². The van der Waals surface area contributed by atoms with Gasteiger partial charge in [-0.1, -0.05) is 20.8 Å². The van der Waals surface area contributed by atoms with Gasteiger partial charge in [0.15, 0.2) is 0 Å². The van der Waals surface area contributed by atoms with Crippen LogP contribution in [0, 0.1) is 6.92 Å². The molecule has 0 aliphatic carbocycles. The van der Waals surface area contributed by atoms with Gasteiger partial charge in [-0.2, -0.15) is 13.2 Å². The zero-order chi connectivity index (χ0) is 25.0. The quantitative estimate of drug-likeness (QED) is 0.620. The molecule has 182 valence electrons. The summed E-state index contributed by atoms with van der Waals surface area (Å²) in [5, 5.41) is 8.89. The Morgan fingerprint density at radius 2 is 1.88 bits per heavy atom. The van der Waals surface area contributed by atoms with Crippen LogP contribution in [-0.2, 0) is 10.2 Å². The molecule has 1 saturated heterocycles. The highest BCUT2D eigenvalue weighted by atomic mass is 19.4. The Labute approximate surface area is 192 Å². The molecule has 1 aromatic carbocycles. The lowest BCUT2D eigenvalue weighted by Gasteiger charge is -2.23. The van der Waals surface area contributed by atoms with Crippen LogP contribution < -0.4 is 16.0 Å². The summed E-state index contributed by atoms with van der Waals surface area (Å²) in [6.45, 7) is 9.50. The number of fused-ring (bicyclic) bond motifs is 1. The largest absolute Gasteiger partial charge is 0.405 e. The third-order valence-corrected chi connectivity index (χ3v) is 5.31. The van der Waals surface area contributed by atoms with E-state index in [4.69, 9.17) is 0 Å². The summed E-state index contributed by atoms with van der Waals surface area (Å²) in [7, 11) is 1.53. The molecule has 1 atom stereocenters. The molecule has 2 aromatic rings. The summed E-state index contributed by atoms with van der Waals surface area (Å²) in [5.41, 5.74) is 2.51. The molecule has 1 fully saturated rings. The van der Waals surface area contributed by atoms with Gasteiger partial charge in [0, 0.05) is 43.5 Å². The average Bonchev–Trinajstić information content (AvgIpc) is 2.70. The molecule has 3 N–H and O–H groups in total. The van der Waals surface area contributed by atoms with E-state index in [0.717, 1.165) is 35.9 Å². The fraction of sp³-hybridized carbons (Fsp3) is 0.542. The van der Waals surface area contributed by atoms with Crippen molar-refractivity contribution in [2.45, 2.75) is 65.1 Å². The zero-order valence-electron chi connectivity index (χ0n) is 20.0. The first-order valence-corrected chi connectivity index (χ1v) is 10.9. The van der Waals surface area contributed by atoms with Crippen molar-refractivity contribution >= 4 is 28.3 Å². The molecular formula is C24H33F3N4O2. The molecule has 1 aliphatic heterocycles. The molecule has 3 rings (SSSR count). The molecular weight excluding hydrogens is 433 g/mol. The highest BCUT2D eigenvalue weighted by molar-refractivity contribution is 5.97. The van der Waals surface area contributed by atoms with Gasteiger partial charge in [-0.25, -0.2) is 4.98 Å². The maximum Gasteiger partial charge on any atom is 0.405 e. The van der Waals surface area contributed by atoms with E-state index in [9.17, 15) is 22.8 Å². The van der Waals surface area contributed by atoms with Crippen molar-refractivity contribution in [1.29, 1.82) is 0 Å². The van der Waals surface area contributed by atoms with Crippen molar-refractivity contribution in [3.63, 3.8) is 0 Å². The summed E-state index contributed by atoms with van der Waals surface area (Å²) >= 11 is 0. The summed E-state index contributed by atoms with van der Waals surface area (Å²) in [4.78, 5) is 27.0. The van der Waals surface area contributed by atoms with E-state index < -0.39 is 12.7 Å². The Hall–Kier alpha value is -2.68. The molecule has 0 spiro atoms. The lowest BCUT2D eigenvalue weighted by Crippen LogP contribution is -2.35. The topological polar surface area (TPSA) is 83.1 Å². The predicted molar refractivity (Wildman–Crippen MR) is 125 cm³/mol. The molecule has 6 nitrogen and oxygen atoms in total. The Morgan fingerprint density at radius 1 is 1.21 bits per heavy atom. The Bertz CT molecular complexity index is 1010. The van der Waals surface area contributed by atoms with Crippen molar-refractivity contribution < 1.29 is 22.8 Å². The van der Waals surface area contributed by atoms with E-state index in [2.05, 4.69) is 20.9 Å². The average molecular weight is 467 g/mol. The number of nitrogens with zero attached hydrogens (tertiary/aromatic N) is 1. The minimum absolute atomic E-state index is 0.286. The van der Waals surface area contributed by atoms with Gasteiger partial charge in [0.25, 0.3) is 5.91 Å². The fourth-order valence-electron chi connectivity index (χ4n) is 3.59. The van der Waals surface area contributed by atoms with E-state index >= 15 is 0 Å². The molecule has 1 aliphatic rings. The SMILES string of the molecule is CC1CC(=O)CCN1.CNC(=O)c1cc(C)c2cc(NCC(F)(F)F)cc(C(C)(C)C)c2n1. The number of carbonyl (C=O) groups excluding carboxylic acids is 2. The third kappa shape index (κ3) is 7.70. The van der Waals surface area contributed by atoms with Crippen molar-refractivity contribution in [3.05, 3.63) is 35.0 Å². The number of amides is 1. The van der Waals surface area contributed by atoms with Gasteiger partial charge in [0.1, 0.15) is 18.0 Å². The number of hydrogen-bond acceptors (Lipinski definition) is 5. The van der Waals surface area contributed by atoms with Crippen LogP contribution in [0.1, 0.15) is 62.2 Å². The number of nitrogens with one attached hydrogen (secondary N) is 3. The third-order valence-electron chi connectivity index (χ3n) is 5.31. The van der Waals surface area contributed by atoms with Gasteiger partial charge in [-0.3, -0.25) is 9.59 Å². The van der Waals surface area contributed by atoms with Crippen LogP contribution in [0.2, 0.25) is 0 Å². The molecule has 33 heavy (non-hydrogen) atoms. The standard InChI is InChI=1S/C18H22F3N3O.C6H11NO/c1-10-6-14(16(25)22-5)24-15-12(10)7-11(23-9-18(19,20)21)8-13(15)17(2,3)4;1-5-4-6(8)2-3-7-5/h6-8,23H,9H2,1-5H3,(H,22,25);5,7H,2-4H2,1H3. The van der Waals surface area contributed by atoms with Crippen LogP contribution in [0.25, 0.3) is 10.9 Å². The number of piperidine rings is 1. The number of benzene rings is 1. The Morgan fingerprint density at radius 3 is 2.36 bits per heavy atom. The van der Waals surface area contributed by atoms with Crippen LogP contribution in [0.15, 0.2) is 18.2 Å². The number of anilines is 1. The number of alkyl halides is 3. The number of halogens is 3. The number of Topliss-reactive ketones (excluding diaryl/α,β-unsaturated/α-hetero) is 1. The van der Waals surface area contributed by atoms with Crippen LogP contribution >= 0.6 is 0 Å². The first-order chi connectivity index (χ1) is 15.2. The van der Waals surface area contributed by atoms with Crippen LogP contribution in [0.4, 0.5) is 18.9 Å². The summed E-state index contributed by atoms with van der Waals surface area (Å²) in [6, 6.07) is 5.37. The predicted octanol–water partition coefficient (Wildman–Crippen LogP) is 4.50. The smallest absolute Gasteiger partial charge is 0.376 e. The molecule has 1 aromatic heterocycles. The minimum atomic E-state index is -4.30. The van der Waals surface area contributed by atoms with Crippen molar-refractivity contribution in [2.24, 2.45) is 0 Å². The monoisotopic (exact) mass is 466 g/mol. The Balaban J connectivity index is 0.000000405. The van der Waals surface area contributed by atoms with Crippen LogP contribution in [-0.4, -0.2) is 49.0 Å². The van der Waals surface area contributed by atoms with E-state index in [1.165, 1.54) is 7.05 Å². The van der Waals surface area contributed by atoms with E-state index in [-0.39, 0.29) is 17.0 Å². The molecule has 9 heteroatoms. The van der Waals surface area contributed by atoms with Gasteiger partial charge in [0.05, 0.1) is 5.52 Å². The molecule has 0 radical (unpaired) electrons. The van der Waals surface area contributed by atoms with E-state index in [0.29, 0.717) is 23.0 Å². The fourth-order valence-corrected chi connectivity index (χ4v) is 3.59. The maximum absolute atomic E-state index is 12.5. The first kappa shape index (κ1) is 26.6. The molecule has 0 saturated carbocycles. The van der Waals surface area contributed by atoms with E-state index in [1.807, 2.05) is 34.6 Å². The van der Waals surface area contributed by atoms with Crippen LogP contribution in [0.3, 0.4) is 0 Å². The number of pyridine rings is 1. The maximum atomic E-state index is 12.5. The molecule has 1 unspecified atom stereocenters. The van der Waals surface area contributed by atoms with Gasteiger partial charge in [-0.05, 0) is 48.6 Å². The lowest BCUT2D eigenvalue weighted by atomic mass is 9.84. The van der Waals surface area contributed by atoms with Gasteiger partial charge >= 0.3 is 6.18 Å². The van der Waals surface area contributed by atoms with Gasteiger partial charge in [-0.15, -0.1) is 0 Å². The van der Waals surface area contributed by atoms with Gasteiger partial charge < -0.3 is 16.0 Å². The second-order valence-corrected chi connectivity index (χ2v) is 9.39. The lowest BCUT2D eigenvalue weighted by molar-refractivity contribution is -0.120. The number of rotatable bonds is 3. The Kier molecular flexibility index (Phi) is 8.46. The highest BCUT2D eigenvalue weighted by Crippen LogP contribution is 2.34. The molecule has 2 heterocycles. The number of carbonyl (C=O) groups is 2. The van der Waals surface area contributed by atoms with Crippen molar-refractivity contribution in [2.75, 3.05) is 25.5 Å². The second kappa shape index (κ2) is 10.5.